The molecule has 2 aromatic heterocycles. The van der Waals surface area contributed by atoms with E-state index in [0.29, 0.717) is 25.1 Å². The largest absolute Gasteiger partial charge is 0.361 e. The van der Waals surface area contributed by atoms with Crippen molar-refractivity contribution in [3.05, 3.63) is 97.1 Å². The van der Waals surface area contributed by atoms with Crippen molar-refractivity contribution in [2.45, 2.75) is 12.0 Å². The van der Waals surface area contributed by atoms with Gasteiger partial charge in [0.1, 0.15) is 0 Å². The van der Waals surface area contributed by atoms with Crippen molar-refractivity contribution in [1.29, 1.82) is 0 Å². The number of hydrogen-bond acceptors (Lipinski definition) is 5. The highest BCUT2D eigenvalue weighted by molar-refractivity contribution is 5.95. The Balaban J connectivity index is 1.58. The van der Waals surface area contributed by atoms with Gasteiger partial charge in [-0.2, -0.15) is 0 Å². The summed E-state index contributed by atoms with van der Waals surface area (Å²) in [5.74, 6) is -0.403. The zero-order valence-electron chi connectivity index (χ0n) is 18.3. The zero-order valence-corrected chi connectivity index (χ0v) is 18.3. The van der Waals surface area contributed by atoms with Crippen molar-refractivity contribution in [2.75, 3.05) is 26.2 Å². The summed E-state index contributed by atoms with van der Waals surface area (Å²) >= 11 is 0. The molecule has 0 radical (unpaired) electrons. The average molecular weight is 443 g/mol. The number of amides is 2. The van der Waals surface area contributed by atoms with E-state index in [1.807, 2.05) is 42.6 Å². The standard InChI is InChI=1S/C26H26N4O3/c1-2-11-29-25(32)26(17-20-5-7-21(8-6-20)23-4-3-12-28-18-23)19-30(15-16-33-26)24(31)22-9-13-27-14-10-22/h2-10,12-14,18H,1,11,15-17,19H2,(H,29,32)/t26-/m0/s1. The maximum atomic E-state index is 13.2. The molecule has 0 saturated carbocycles. The first-order chi connectivity index (χ1) is 16.1. The fraction of sp³-hybridized carbons (Fsp3) is 0.231. The van der Waals surface area contributed by atoms with Gasteiger partial charge in [-0.15, -0.1) is 6.58 Å². The molecule has 3 heterocycles. The quantitative estimate of drug-likeness (QED) is 0.569. The number of morpholine rings is 1. The first-order valence-corrected chi connectivity index (χ1v) is 10.8. The number of nitrogens with one attached hydrogen (secondary N) is 1. The molecule has 1 atom stereocenters. The van der Waals surface area contributed by atoms with E-state index >= 15 is 0 Å². The van der Waals surface area contributed by atoms with Crippen molar-refractivity contribution in [3.8, 4) is 11.1 Å². The molecule has 168 valence electrons. The van der Waals surface area contributed by atoms with Gasteiger partial charge in [-0.3, -0.25) is 19.6 Å². The third-order valence-corrected chi connectivity index (χ3v) is 5.66. The lowest BCUT2D eigenvalue weighted by Gasteiger charge is -2.41. The molecule has 0 aliphatic carbocycles. The molecule has 0 spiro atoms. The Morgan fingerprint density at radius 2 is 1.85 bits per heavy atom. The monoisotopic (exact) mass is 442 g/mol. The third-order valence-electron chi connectivity index (χ3n) is 5.66. The molecular formula is C26H26N4O3. The summed E-state index contributed by atoms with van der Waals surface area (Å²) in [5, 5.41) is 2.86. The van der Waals surface area contributed by atoms with Crippen LogP contribution in [-0.2, 0) is 16.0 Å². The van der Waals surface area contributed by atoms with Gasteiger partial charge in [0.25, 0.3) is 11.8 Å². The van der Waals surface area contributed by atoms with Crippen LogP contribution in [0.3, 0.4) is 0 Å². The Morgan fingerprint density at radius 3 is 2.55 bits per heavy atom. The van der Waals surface area contributed by atoms with Crippen LogP contribution in [0.2, 0.25) is 0 Å². The van der Waals surface area contributed by atoms with Crippen molar-refractivity contribution < 1.29 is 14.3 Å². The molecule has 7 nitrogen and oxygen atoms in total. The van der Waals surface area contributed by atoms with Gasteiger partial charge in [-0.1, -0.05) is 36.4 Å². The van der Waals surface area contributed by atoms with Gasteiger partial charge >= 0.3 is 0 Å². The highest BCUT2D eigenvalue weighted by atomic mass is 16.5. The molecule has 1 fully saturated rings. The zero-order chi connectivity index (χ0) is 23.1. The second-order valence-electron chi connectivity index (χ2n) is 7.92. The minimum atomic E-state index is -1.19. The fourth-order valence-electron chi connectivity index (χ4n) is 3.96. The first kappa shape index (κ1) is 22.4. The Bertz CT molecular complexity index is 1100. The molecule has 3 aromatic rings. The second-order valence-corrected chi connectivity index (χ2v) is 7.92. The van der Waals surface area contributed by atoms with E-state index < -0.39 is 5.60 Å². The number of carbonyl (C=O) groups excluding carboxylic acids is 2. The van der Waals surface area contributed by atoms with Crippen LogP contribution in [0, 0.1) is 0 Å². The summed E-state index contributed by atoms with van der Waals surface area (Å²) in [6.45, 7) is 4.83. The minimum absolute atomic E-state index is 0.145. The molecule has 1 N–H and O–H groups in total. The van der Waals surface area contributed by atoms with E-state index in [1.165, 1.54) is 0 Å². The van der Waals surface area contributed by atoms with E-state index in [4.69, 9.17) is 4.74 Å². The Morgan fingerprint density at radius 1 is 1.06 bits per heavy atom. The van der Waals surface area contributed by atoms with Crippen LogP contribution in [0.15, 0.2) is 86.0 Å². The lowest BCUT2D eigenvalue weighted by molar-refractivity contribution is -0.157. The van der Waals surface area contributed by atoms with Crippen LogP contribution in [-0.4, -0.2) is 58.5 Å². The van der Waals surface area contributed by atoms with E-state index in [9.17, 15) is 9.59 Å². The van der Waals surface area contributed by atoms with Crippen molar-refractivity contribution in [1.82, 2.24) is 20.2 Å². The summed E-state index contributed by atoms with van der Waals surface area (Å²) in [4.78, 5) is 36.1. The highest BCUT2D eigenvalue weighted by Crippen LogP contribution is 2.27. The summed E-state index contributed by atoms with van der Waals surface area (Å²) < 4.78 is 6.10. The number of nitrogens with zero attached hydrogens (tertiary/aromatic N) is 3. The Kier molecular flexibility index (Phi) is 6.90. The van der Waals surface area contributed by atoms with Crippen LogP contribution in [0.1, 0.15) is 15.9 Å². The van der Waals surface area contributed by atoms with Crippen LogP contribution in [0.25, 0.3) is 11.1 Å². The summed E-state index contributed by atoms with van der Waals surface area (Å²) in [7, 11) is 0. The Hall–Kier alpha value is -3.84. The van der Waals surface area contributed by atoms with Gasteiger partial charge in [0.2, 0.25) is 0 Å². The van der Waals surface area contributed by atoms with E-state index in [2.05, 4.69) is 21.9 Å². The fourth-order valence-corrected chi connectivity index (χ4v) is 3.96. The van der Waals surface area contributed by atoms with Crippen LogP contribution in [0.4, 0.5) is 0 Å². The van der Waals surface area contributed by atoms with Crippen LogP contribution >= 0.6 is 0 Å². The number of aromatic nitrogens is 2. The number of pyridine rings is 2. The SMILES string of the molecule is C=CCNC(=O)[C@]1(Cc2ccc(-c3cccnc3)cc2)CN(C(=O)c2ccncc2)CCO1. The maximum absolute atomic E-state index is 13.2. The van der Waals surface area contributed by atoms with Gasteiger partial charge in [-0.25, -0.2) is 0 Å². The normalized spacial score (nSPS) is 17.9. The van der Waals surface area contributed by atoms with Gasteiger partial charge in [0.05, 0.1) is 13.2 Å². The molecular weight excluding hydrogens is 416 g/mol. The molecule has 2 amide bonds. The van der Waals surface area contributed by atoms with Gasteiger partial charge in [0.15, 0.2) is 5.60 Å². The summed E-state index contributed by atoms with van der Waals surface area (Å²) in [6, 6.07) is 15.2. The third kappa shape index (κ3) is 5.15. The predicted octanol–water partition coefficient (Wildman–Crippen LogP) is 2.90. The van der Waals surface area contributed by atoms with E-state index in [-0.39, 0.29) is 25.0 Å². The molecule has 4 rings (SSSR count). The highest BCUT2D eigenvalue weighted by Gasteiger charge is 2.45. The van der Waals surface area contributed by atoms with E-state index in [1.54, 1.807) is 41.7 Å². The average Bonchev–Trinajstić information content (AvgIpc) is 2.88. The number of carbonyl (C=O) groups is 2. The van der Waals surface area contributed by atoms with Crippen LogP contribution < -0.4 is 5.32 Å². The molecule has 7 heteroatoms. The van der Waals surface area contributed by atoms with Gasteiger partial charge in [0, 0.05) is 49.9 Å². The van der Waals surface area contributed by atoms with Crippen LogP contribution in [0.5, 0.6) is 0 Å². The van der Waals surface area contributed by atoms with Crippen molar-refractivity contribution in [3.63, 3.8) is 0 Å². The first-order valence-electron chi connectivity index (χ1n) is 10.8. The number of hydrogen-bond donors (Lipinski definition) is 1. The molecule has 33 heavy (non-hydrogen) atoms. The van der Waals surface area contributed by atoms with Gasteiger partial charge in [-0.05, 0) is 34.9 Å². The Labute approximate surface area is 193 Å². The summed E-state index contributed by atoms with van der Waals surface area (Å²) in [6.07, 6.45) is 8.68. The molecule has 1 aliphatic rings. The number of rotatable bonds is 7. The molecule has 1 aliphatic heterocycles. The van der Waals surface area contributed by atoms with Crippen molar-refractivity contribution in [2.24, 2.45) is 0 Å². The lowest BCUT2D eigenvalue weighted by atomic mass is 9.90. The predicted molar refractivity (Wildman–Crippen MR) is 125 cm³/mol. The topological polar surface area (TPSA) is 84.4 Å². The molecule has 0 bridgehead atoms. The number of benzene rings is 1. The van der Waals surface area contributed by atoms with E-state index in [0.717, 1.165) is 16.7 Å². The van der Waals surface area contributed by atoms with Gasteiger partial charge < -0.3 is 15.0 Å². The van der Waals surface area contributed by atoms with Crippen molar-refractivity contribution >= 4 is 11.8 Å². The second kappa shape index (κ2) is 10.2. The minimum Gasteiger partial charge on any atom is -0.361 e. The molecule has 0 unspecified atom stereocenters. The number of ether oxygens (including phenoxy) is 1. The lowest BCUT2D eigenvalue weighted by Crippen LogP contribution is -2.62. The summed E-state index contributed by atoms with van der Waals surface area (Å²) in [5.41, 5.74) is 2.34. The molecule has 1 aromatic carbocycles. The maximum Gasteiger partial charge on any atom is 0.254 e. The smallest absolute Gasteiger partial charge is 0.254 e. The molecule has 1 saturated heterocycles.